The number of carbonyl (C=O) groups is 1. The zero-order valence-corrected chi connectivity index (χ0v) is 22.0. The third-order valence-corrected chi connectivity index (χ3v) is 6.01. The topological polar surface area (TPSA) is 94.7 Å². The van der Waals surface area contributed by atoms with Crippen LogP contribution in [0.3, 0.4) is 0 Å². The molecule has 7 heteroatoms. The van der Waals surface area contributed by atoms with E-state index < -0.39 is 5.97 Å². The van der Waals surface area contributed by atoms with Gasteiger partial charge in [-0.2, -0.15) is 10.2 Å². The van der Waals surface area contributed by atoms with Crippen LogP contribution < -0.4 is 9.64 Å². The van der Waals surface area contributed by atoms with Crippen molar-refractivity contribution in [1.29, 1.82) is 0 Å². The molecule has 0 aromatic heterocycles. The first-order valence-corrected chi connectivity index (χ1v) is 12.6. The molecule has 0 radical (unpaired) electrons. The van der Waals surface area contributed by atoms with Crippen LogP contribution in [0.2, 0.25) is 0 Å². The summed E-state index contributed by atoms with van der Waals surface area (Å²) in [7, 11) is 0. The third kappa shape index (κ3) is 7.98. The SMILES string of the molecule is CCCCCN=NC(COc1ccc(C(=O)O)c(O)c1)c1ccc(N(CC)CC)c(C(C)(C)C)c1. The Morgan fingerprint density at radius 1 is 1.06 bits per heavy atom. The van der Waals surface area contributed by atoms with Gasteiger partial charge in [0.15, 0.2) is 0 Å². The van der Waals surface area contributed by atoms with Crippen molar-refractivity contribution in [3.63, 3.8) is 0 Å². The number of ether oxygens (including phenoxy) is 1. The Morgan fingerprint density at radius 3 is 2.34 bits per heavy atom. The second-order valence-electron chi connectivity index (χ2n) is 9.70. The second-order valence-corrected chi connectivity index (χ2v) is 9.70. The lowest BCUT2D eigenvalue weighted by atomic mass is 9.83. The van der Waals surface area contributed by atoms with Crippen molar-refractivity contribution in [2.24, 2.45) is 10.2 Å². The first-order chi connectivity index (χ1) is 16.6. The molecule has 0 bridgehead atoms. The number of aromatic hydroxyl groups is 1. The predicted molar refractivity (Wildman–Crippen MR) is 141 cm³/mol. The number of benzene rings is 2. The lowest BCUT2D eigenvalue weighted by Gasteiger charge is -2.31. The summed E-state index contributed by atoms with van der Waals surface area (Å²) in [5.41, 5.74) is 3.26. The van der Waals surface area contributed by atoms with Gasteiger partial charge in [-0.05, 0) is 55.0 Å². The van der Waals surface area contributed by atoms with Gasteiger partial charge in [0.1, 0.15) is 29.7 Å². The Bertz CT molecular complexity index is 994. The molecule has 2 N–H and O–H groups in total. The minimum absolute atomic E-state index is 0.0595. The van der Waals surface area contributed by atoms with E-state index in [2.05, 4.69) is 74.9 Å². The van der Waals surface area contributed by atoms with E-state index >= 15 is 0 Å². The highest BCUT2D eigenvalue weighted by atomic mass is 16.5. The molecule has 0 spiro atoms. The van der Waals surface area contributed by atoms with Crippen molar-refractivity contribution >= 4 is 11.7 Å². The average Bonchev–Trinajstić information content (AvgIpc) is 2.81. The smallest absolute Gasteiger partial charge is 0.339 e. The van der Waals surface area contributed by atoms with Gasteiger partial charge in [0, 0.05) is 24.8 Å². The maximum Gasteiger partial charge on any atom is 0.339 e. The number of rotatable bonds is 13. The van der Waals surface area contributed by atoms with Crippen LogP contribution in [0.4, 0.5) is 5.69 Å². The van der Waals surface area contributed by atoms with E-state index in [-0.39, 0.29) is 29.4 Å². The van der Waals surface area contributed by atoms with Gasteiger partial charge in [-0.15, -0.1) is 0 Å². The highest BCUT2D eigenvalue weighted by Crippen LogP contribution is 2.35. The first-order valence-electron chi connectivity index (χ1n) is 12.6. The second kappa shape index (κ2) is 13.1. The van der Waals surface area contributed by atoms with Crippen molar-refractivity contribution in [2.75, 3.05) is 31.1 Å². The van der Waals surface area contributed by atoms with Crippen LogP contribution in [0.25, 0.3) is 0 Å². The van der Waals surface area contributed by atoms with Gasteiger partial charge in [0.2, 0.25) is 0 Å². The Hall–Kier alpha value is -3.09. The molecule has 2 aromatic carbocycles. The van der Waals surface area contributed by atoms with E-state index in [1.807, 2.05) is 0 Å². The number of nitrogens with zero attached hydrogens (tertiary/aromatic N) is 3. The summed E-state index contributed by atoms with van der Waals surface area (Å²) in [6.07, 6.45) is 3.23. The molecule has 0 saturated carbocycles. The van der Waals surface area contributed by atoms with Crippen molar-refractivity contribution in [1.82, 2.24) is 0 Å². The van der Waals surface area contributed by atoms with E-state index in [0.29, 0.717) is 12.3 Å². The Balaban J connectivity index is 2.37. The molecular weight excluding hydrogens is 442 g/mol. The molecular formula is C28H41N3O4. The number of phenols is 1. The number of aromatic carboxylic acids is 1. The highest BCUT2D eigenvalue weighted by molar-refractivity contribution is 5.90. The van der Waals surface area contributed by atoms with Crippen LogP contribution in [0, 0.1) is 0 Å². The third-order valence-electron chi connectivity index (χ3n) is 6.01. The summed E-state index contributed by atoms with van der Waals surface area (Å²) in [4.78, 5) is 13.5. The summed E-state index contributed by atoms with van der Waals surface area (Å²) in [6.45, 7) is 15.9. The summed E-state index contributed by atoms with van der Waals surface area (Å²) < 4.78 is 5.94. The zero-order chi connectivity index (χ0) is 26.0. The standard InChI is InChI=1S/C28H41N3O4/c1-7-10-11-16-29-30-24(19-35-21-13-14-22(27(33)34)26(32)18-21)20-12-15-25(31(8-2)9-3)23(17-20)28(4,5)6/h12-15,17-18,24,32H,7-11,16,19H2,1-6H3,(H,33,34). The van der Waals surface area contributed by atoms with Crippen LogP contribution in [0.1, 0.15) is 88.3 Å². The Morgan fingerprint density at radius 2 is 1.77 bits per heavy atom. The molecule has 35 heavy (non-hydrogen) atoms. The van der Waals surface area contributed by atoms with Crippen molar-refractivity contribution < 1.29 is 19.7 Å². The van der Waals surface area contributed by atoms with Crippen LogP contribution >= 0.6 is 0 Å². The van der Waals surface area contributed by atoms with Gasteiger partial charge in [0.05, 0.1) is 6.54 Å². The van der Waals surface area contributed by atoms with Crippen LogP contribution in [-0.4, -0.2) is 42.4 Å². The van der Waals surface area contributed by atoms with Crippen molar-refractivity contribution in [3.05, 3.63) is 53.1 Å². The summed E-state index contributed by atoms with van der Waals surface area (Å²) >= 11 is 0. The maximum absolute atomic E-state index is 11.2. The van der Waals surface area contributed by atoms with Gasteiger partial charge in [-0.3, -0.25) is 0 Å². The number of hydrogen-bond donors (Lipinski definition) is 2. The molecule has 1 atom stereocenters. The molecule has 0 saturated heterocycles. The van der Waals surface area contributed by atoms with E-state index in [4.69, 9.17) is 9.84 Å². The molecule has 2 rings (SSSR count). The number of hydrogen-bond acceptors (Lipinski definition) is 6. The number of carboxylic acid groups (broad SMARTS) is 1. The van der Waals surface area contributed by atoms with Crippen molar-refractivity contribution in [2.45, 2.75) is 72.3 Å². The number of azo groups is 1. The van der Waals surface area contributed by atoms with Crippen LogP contribution in [0.5, 0.6) is 11.5 Å². The van der Waals surface area contributed by atoms with Gasteiger partial charge >= 0.3 is 5.97 Å². The molecule has 0 fully saturated rings. The maximum atomic E-state index is 11.2. The molecule has 0 heterocycles. The fourth-order valence-corrected chi connectivity index (χ4v) is 3.94. The fraction of sp³-hybridized carbons (Fsp3) is 0.536. The fourth-order valence-electron chi connectivity index (χ4n) is 3.94. The molecule has 7 nitrogen and oxygen atoms in total. The lowest BCUT2D eigenvalue weighted by Crippen LogP contribution is -2.26. The van der Waals surface area contributed by atoms with E-state index in [9.17, 15) is 9.90 Å². The Labute approximate surface area is 209 Å². The molecule has 1 unspecified atom stereocenters. The minimum Gasteiger partial charge on any atom is -0.507 e. The molecule has 0 aliphatic heterocycles. The van der Waals surface area contributed by atoms with E-state index in [0.717, 1.165) is 37.9 Å². The van der Waals surface area contributed by atoms with Crippen molar-refractivity contribution in [3.8, 4) is 11.5 Å². The van der Waals surface area contributed by atoms with Gasteiger partial charge in [-0.1, -0.05) is 52.7 Å². The lowest BCUT2D eigenvalue weighted by molar-refractivity contribution is 0.0693. The number of anilines is 1. The largest absolute Gasteiger partial charge is 0.507 e. The van der Waals surface area contributed by atoms with Gasteiger partial charge in [0.25, 0.3) is 0 Å². The molecule has 0 aliphatic carbocycles. The summed E-state index contributed by atoms with van der Waals surface area (Å²) in [5.74, 6) is -1.13. The quantitative estimate of drug-likeness (QED) is 0.236. The highest BCUT2D eigenvalue weighted by Gasteiger charge is 2.23. The van der Waals surface area contributed by atoms with Crippen LogP contribution in [0.15, 0.2) is 46.6 Å². The predicted octanol–water partition coefficient (Wildman–Crippen LogP) is 7.00. The number of unbranched alkanes of at least 4 members (excludes halogenated alkanes) is 2. The van der Waals surface area contributed by atoms with Gasteiger partial charge < -0.3 is 19.8 Å². The monoisotopic (exact) mass is 483 g/mol. The first kappa shape index (κ1) is 28.1. The van der Waals surface area contributed by atoms with Crippen LogP contribution in [-0.2, 0) is 5.41 Å². The van der Waals surface area contributed by atoms with Gasteiger partial charge in [-0.25, -0.2) is 4.79 Å². The minimum atomic E-state index is -1.18. The normalized spacial score (nSPS) is 12.6. The number of carboxylic acids is 1. The average molecular weight is 484 g/mol. The Kier molecular flexibility index (Phi) is 10.6. The molecule has 0 aliphatic rings. The summed E-state index contributed by atoms with van der Waals surface area (Å²) in [5, 5.41) is 28.2. The van der Waals surface area contributed by atoms with E-state index in [1.165, 1.54) is 23.4 Å². The molecule has 192 valence electrons. The molecule has 0 amide bonds. The summed E-state index contributed by atoms with van der Waals surface area (Å²) in [6, 6.07) is 10.3. The zero-order valence-electron chi connectivity index (χ0n) is 22.0. The molecule has 2 aromatic rings. The van der Waals surface area contributed by atoms with E-state index in [1.54, 1.807) is 6.07 Å².